The van der Waals surface area contributed by atoms with Gasteiger partial charge < -0.3 is 10.2 Å². The first-order valence-electron chi connectivity index (χ1n) is 9.38. The van der Waals surface area contributed by atoms with Gasteiger partial charge in [-0.05, 0) is 38.0 Å². The van der Waals surface area contributed by atoms with Crippen LogP contribution in [0.4, 0.5) is 0 Å². The summed E-state index contributed by atoms with van der Waals surface area (Å²) in [6.07, 6.45) is 9.88. The molecule has 0 bridgehead atoms. The smallest absolute Gasteiger partial charge is 0.0877 e. The Morgan fingerprint density at radius 1 is 0.818 bits per heavy atom. The molecule has 0 spiro atoms. The summed E-state index contributed by atoms with van der Waals surface area (Å²) in [6, 6.07) is 0. The third-order valence-electron chi connectivity index (χ3n) is 4.97. The molecule has 0 saturated carbocycles. The molecule has 2 heteroatoms. The molecule has 0 saturated heterocycles. The predicted octanol–water partition coefficient (Wildman–Crippen LogP) is 5.37. The van der Waals surface area contributed by atoms with Crippen LogP contribution in [0.15, 0.2) is 0 Å². The summed E-state index contributed by atoms with van der Waals surface area (Å²) >= 11 is 0. The topological polar surface area (TPSA) is 40.5 Å². The molecule has 4 unspecified atom stereocenters. The predicted molar refractivity (Wildman–Crippen MR) is 96.7 cm³/mol. The highest BCUT2D eigenvalue weighted by molar-refractivity contribution is 4.83. The Hall–Kier alpha value is -0.0800. The molecule has 0 aliphatic carbocycles. The number of aliphatic hydroxyl groups is 2. The molecule has 0 aliphatic heterocycles. The Kier molecular flexibility index (Phi) is 11.4. The van der Waals surface area contributed by atoms with Crippen molar-refractivity contribution in [1.82, 2.24) is 0 Å². The molecule has 0 aromatic heterocycles. The standard InChI is InChI=1S/C20H41O2/c1-16(2)10-7-11-17(3)12-8-13-18(4)14-9-15-20(6,22)19(5)21/h16-19,21-22H,5,7-15H2,1-4,6H3. The minimum atomic E-state index is -1.04. The average Bonchev–Trinajstić information content (AvgIpc) is 2.37. The van der Waals surface area contributed by atoms with Crippen LogP contribution in [0.5, 0.6) is 0 Å². The third kappa shape index (κ3) is 11.5. The molecule has 2 nitrogen and oxygen atoms in total. The normalized spacial score (nSPS) is 19.0. The van der Waals surface area contributed by atoms with Crippen molar-refractivity contribution in [1.29, 1.82) is 0 Å². The third-order valence-corrected chi connectivity index (χ3v) is 4.97. The van der Waals surface area contributed by atoms with E-state index in [-0.39, 0.29) is 0 Å². The number of rotatable bonds is 13. The van der Waals surface area contributed by atoms with Gasteiger partial charge in [-0.2, -0.15) is 0 Å². The van der Waals surface area contributed by atoms with Crippen LogP contribution < -0.4 is 0 Å². The van der Waals surface area contributed by atoms with Gasteiger partial charge in [0.1, 0.15) is 0 Å². The molecule has 4 atom stereocenters. The van der Waals surface area contributed by atoms with Crippen LogP contribution in [0.3, 0.4) is 0 Å². The van der Waals surface area contributed by atoms with Gasteiger partial charge in [-0.3, -0.25) is 0 Å². The van der Waals surface area contributed by atoms with Gasteiger partial charge in [-0.25, -0.2) is 0 Å². The summed E-state index contributed by atoms with van der Waals surface area (Å²) in [7, 11) is 0. The lowest BCUT2D eigenvalue weighted by molar-refractivity contribution is -0.0468. The van der Waals surface area contributed by atoms with Crippen LogP contribution in [0.25, 0.3) is 0 Å². The van der Waals surface area contributed by atoms with Crippen LogP contribution >= 0.6 is 0 Å². The van der Waals surface area contributed by atoms with E-state index in [4.69, 9.17) is 0 Å². The first-order valence-corrected chi connectivity index (χ1v) is 9.38. The Morgan fingerprint density at radius 3 is 1.64 bits per heavy atom. The fourth-order valence-electron chi connectivity index (χ4n) is 2.95. The number of hydrogen-bond acceptors (Lipinski definition) is 2. The van der Waals surface area contributed by atoms with Crippen molar-refractivity contribution >= 4 is 0 Å². The van der Waals surface area contributed by atoms with Gasteiger partial charge in [0.2, 0.25) is 0 Å². The average molecular weight is 314 g/mol. The zero-order valence-corrected chi connectivity index (χ0v) is 15.8. The van der Waals surface area contributed by atoms with Gasteiger partial charge in [0.15, 0.2) is 0 Å². The lowest BCUT2D eigenvalue weighted by Crippen LogP contribution is -2.37. The largest absolute Gasteiger partial charge is 0.390 e. The van der Waals surface area contributed by atoms with Crippen molar-refractivity contribution in [3.8, 4) is 0 Å². The highest BCUT2D eigenvalue weighted by Gasteiger charge is 2.26. The summed E-state index contributed by atoms with van der Waals surface area (Å²) in [5, 5.41) is 19.4. The van der Waals surface area contributed by atoms with Crippen molar-refractivity contribution in [3.05, 3.63) is 6.92 Å². The highest BCUT2D eigenvalue weighted by atomic mass is 16.3. The minimum absolute atomic E-state index is 0.633. The van der Waals surface area contributed by atoms with E-state index in [1.54, 1.807) is 6.92 Å². The van der Waals surface area contributed by atoms with Crippen molar-refractivity contribution in [3.63, 3.8) is 0 Å². The molecular formula is C20H41O2. The van der Waals surface area contributed by atoms with Crippen molar-refractivity contribution in [2.75, 3.05) is 0 Å². The maximum atomic E-state index is 9.96. The lowest BCUT2D eigenvalue weighted by atomic mass is 9.89. The van der Waals surface area contributed by atoms with E-state index in [2.05, 4.69) is 34.6 Å². The van der Waals surface area contributed by atoms with Crippen LogP contribution in [0, 0.1) is 24.7 Å². The molecule has 0 aromatic carbocycles. The Morgan fingerprint density at radius 2 is 1.23 bits per heavy atom. The molecule has 0 aromatic rings. The minimum Gasteiger partial charge on any atom is -0.390 e. The van der Waals surface area contributed by atoms with Crippen LogP contribution in [0.2, 0.25) is 0 Å². The van der Waals surface area contributed by atoms with Crippen LogP contribution in [-0.2, 0) is 0 Å². The van der Waals surface area contributed by atoms with Gasteiger partial charge in [0.05, 0.1) is 11.7 Å². The van der Waals surface area contributed by atoms with Crippen LogP contribution in [0.1, 0.15) is 92.4 Å². The fraction of sp³-hybridized carbons (Fsp3) is 0.950. The first kappa shape index (κ1) is 21.9. The Balaban J connectivity index is 3.63. The van der Waals surface area contributed by atoms with E-state index < -0.39 is 11.7 Å². The van der Waals surface area contributed by atoms with Crippen molar-refractivity contribution < 1.29 is 10.2 Å². The van der Waals surface area contributed by atoms with Crippen molar-refractivity contribution in [2.24, 2.45) is 17.8 Å². The molecule has 0 fully saturated rings. The quantitative estimate of drug-likeness (QED) is 0.480. The molecule has 22 heavy (non-hydrogen) atoms. The first-order chi connectivity index (χ1) is 10.1. The molecule has 1 radical (unpaired) electrons. The van der Waals surface area contributed by atoms with Crippen LogP contribution in [-0.4, -0.2) is 21.9 Å². The van der Waals surface area contributed by atoms with Gasteiger partial charge in [-0.15, -0.1) is 0 Å². The molecule has 133 valence electrons. The lowest BCUT2D eigenvalue weighted by Gasteiger charge is -2.26. The van der Waals surface area contributed by atoms with E-state index in [0.29, 0.717) is 12.3 Å². The van der Waals surface area contributed by atoms with Crippen molar-refractivity contribution in [2.45, 2.75) is 104 Å². The summed E-state index contributed by atoms with van der Waals surface area (Å²) < 4.78 is 0. The summed E-state index contributed by atoms with van der Waals surface area (Å²) in [5.41, 5.74) is -1.04. The highest BCUT2D eigenvalue weighted by Crippen LogP contribution is 2.24. The molecule has 0 aliphatic rings. The zero-order valence-electron chi connectivity index (χ0n) is 15.8. The van der Waals surface area contributed by atoms with E-state index in [9.17, 15) is 10.2 Å². The summed E-state index contributed by atoms with van der Waals surface area (Å²) in [4.78, 5) is 0. The van der Waals surface area contributed by atoms with E-state index in [0.717, 1.165) is 24.7 Å². The second kappa shape index (κ2) is 11.5. The maximum absolute atomic E-state index is 9.96. The zero-order chi connectivity index (χ0) is 17.2. The Bertz CT molecular complexity index is 258. The monoisotopic (exact) mass is 313 g/mol. The van der Waals surface area contributed by atoms with Gasteiger partial charge in [-0.1, -0.05) is 79.1 Å². The molecular weight excluding hydrogens is 272 g/mol. The second-order valence-electron chi connectivity index (χ2n) is 8.23. The Labute approximate surface area is 139 Å². The van der Waals surface area contributed by atoms with E-state index in [1.807, 2.05) is 0 Å². The second-order valence-corrected chi connectivity index (χ2v) is 8.23. The fourth-order valence-corrected chi connectivity index (χ4v) is 2.95. The number of aliphatic hydroxyl groups excluding tert-OH is 1. The van der Waals surface area contributed by atoms with Gasteiger partial charge >= 0.3 is 0 Å². The van der Waals surface area contributed by atoms with E-state index in [1.165, 1.54) is 38.5 Å². The molecule has 0 rings (SSSR count). The SMILES string of the molecule is [CH2]C(O)C(C)(O)CCCC(C)CCCC(C)CCCC(C)C. The molecule has 2 N–H and O–H groups in total. The molecule has 0 amide bonds. The van der Waals surface area contributed by atoms with E-state index >= 15 is 0 Å². The maximum Gasteiger partial charge on any atom is 0.0877 e. The summed E-state index contributed by atoms with van der Waals surface area (Å²) in [6.45, 7) is 14.5. The summed E-state index contributed by atoms with van der Waals surface area (Å²) in [5.74, 6) is 2.40. The number of hydrogen-bond donors (Lipinski definition) is 2. The van der Waals surface area contributed by atoms with Gasteiger partial charge in [0.25, 0.3) is 0 Å². The molecule has 0 heterocycles. The van der Waals surface area contributed by atoms with Gasteiger partial charge in [0, 0.05) is 0 Å².